The number of β-amino-alcohol motifs (C(OH)–C–C–N with tert-alkyl or cyclic N) is 1. The van der Waals surface area contributed by atoms with Gasteiger partial charge in [0.05, 0.1) is 13.7 Å². The molecular weight excluding hydrogens is 192 g/mol. The van der Waals surface area contributed by atoms with Crippen molar-refractivity contribution in [3.05, 3.63) is 24.3 Å². The van der Waals surface area contributed by atoms with Gasteiger partial charge in [-0.25, -0.2) is 0 Å². The highest BCUT2D eigenvalue weighted by Crippen LogP contribution is 2.19. The molecule has 1 aromatic carbocycles. The van der Waals surface area contributed by atoms with E-state index in [0.717, 1.165) is 24.5 Å². The number of nitrogens with one attached hydrogen (secondary N) is 1. The summed E-state index contributed by atoms with van der Waals surface area (Å²) in [5.74, 6) is 0.856. The average molecular weight is 208 g/mol. The second-order valence-corrected chi connectivity index (χ2v) is 3.61. The Morgan fingerprint density at radius 2 is 2.13 bits per heavy atom. The van der Waals surface area contributed by atoms with E-state index in [9.17, 15) is 5.11 Å². The van der Waals surface area contributed by atoms with Crippen molar-refractivity contribution < 1.29 is 9.84 Å². The molecule has 0 radical (unpaired) electrons. The van der Waals surface area contributed by atoms with Crippen LogP contribution < -0.4 is 15.0 Å². The van der Waals surface area contributed by atoms with Gasteiger partial charge in [0.15, 0.2) is 0 Å². The van der Waals surface area contributed by atoms with E-state index in [2.05, 4.69) is 10.2 Å². The fourth-order valence-corrected chi connectivity index (χ4v) is 1.76. The van der Waals surface area contributed by atoms with Crippen LogP contribution in [0.5, 0.6) is 5.75 Å². The molecule has 2 rings (SSSR count). The highest BCUT2D eigenvalue weighted by Gasteiger charge is 2.16. The number of benzene rings is 1. The van der Waals surface area contributed by atoms with Gasteiger partial charge in [0.2, 0.25) is 0 Å². The molecule has 1 aromatic rings. The Morgan fingerprint density at radius 3 is 2.73 bits per heavy atom. The summed E-state index contributed by atoms with van der Waals surface area (Å²) in [4.78, 5) is 2.15. The molecule has 0 amide bonds. The van der Waals surface area contributed by atoms with Gasteiger partial charge in [-0.2, -0.15) is 0 Å². The summed E-state index contributed by atoms with van der Waals surface area (Å²) in [5, 5.41) is 12.5. The molecule has 1 unspecified atom stereocenters. The molecule has 0 bridgehead atoms. The number of rotatable bonds is 2. The number of methoxy groups -OCH3 is 1. The van der Waals surface area contributed by atoms with E-state index in [0.29, 0.717) is 6.54 Å². The number of ether oxygens (including phenoxy) is 1. The highest BCUT2D eigenvalue weighted by atomic mass is 16.5. The van der Waals surface area contributed by atoms with Gasteiger partial charge < -0.3 is 14.7 Å². The van der Waals surface area contributed by atoms with Crippen molar-refractivity contribution in [1.82, 2.24) is 5.32 Å². The molecule has 1 atom stereocenters. The molecule has 82 valence electrons. The van der Waals surface area contributed by atoms with E-state index in [-0.39, 0.29) is 0 Å². The summed E-state index contributed by atoms with van der Waals surface area (Å²) >= 11 is 0. The van der Waals surface area contributed by atoms with Crippen LogP contribution >= 0.6 is 0 Å². The fraction of sp³-hybridized carbons (Fsp3) is 0.455. The molecule has 2 N–H and O–H groups in total. The van der Waals surface area contributed by atoms with Gasteiger partial charge in [-0.15, -0.1) is 0 Å². The Labute approximate surface area is 89.5 Å². The maximum Gasteiger partial charge on any atom is 0.122 e. The van der Waals surface area contributed by atoms with Gasteiger partial charge in [0, 0.05) is 18.8 Å². The molecule has 0 saturated carbocycles. The SMILES string of the molecule is COc1ccc(N2CCNC(O)C2)cc1. The molecule has 0 aliphatic carbocycles. The number of anilines is 1. The number of hydrogen-bond donors (Lipinski definition) is 2. The minimum atomic E-state index is -0.430. The summed E-state index contributed by atoms with van der Waals surface area (Å²) < 4.78 is 5.10. The number of nitrogens with zero attached hydrogens (tertiary/aromatic N) is 1. The van der Waals surface area contributed by atoms with Crippen molar-refractivity contribution in [2.24, 2.45) is 0 Å². The van der Waals surface area contributed by atoms with Gasteiger partial charge in [0.1, 0.15) is 12.0 Å². The number of piperazine rings is 1. The average Bonchev–Trinajstić information content (AvgIpc) is 2.29. The standard InChI is InChI=1S/C11H16N2O2/c1-15-10-4-2-9(3-5-10)13-7-6-12-11(14)8-13/h2-5,11-12,14H,6-8H2,1H3. The minimum Gasteiger partial charge on any atom is -0.497 e. The van der Waals surface area contributed by atoms with Crippen LogP contribution in [0.15, 0.2) is 24.3 Å². The molecule has 4 heteroatoms. The molecule has 0 aromatic heterocycles. The van der Waals surface area contributed by atoms with Gasteiger partial charge in [-0.1, -0.05) is 0 Å². The van der Waals surface area contributed by atoms with E-state index in [1.165, 1.54) is 0 Å². The first kappa shape index (κ1) is 10.3. The van der Waals surface area contributed by atoms with E-state index in [1.54, 1.807) is 7.11 Å². The molecule has 1 aliphatic rings. The van der Waals surface area contributed by atoms with E-state index < -0.39 is 6.23 Å². The van der Waals surface area contributed by atoms with Crippen LogP contribution in [0, 0.1) is 0 Å². The van der Waals surface area contributed by atoms with Crippen molar-refractivity contribution in [1.29, 1.82) is 0 Å². The van der Waals surface area contributed by atoms with Crippen LogP contribution in [0.4, 0.5) is 5.69 Å². The molecule has 4 nitrogen and oxygen atoms in total. The normalized spacial score (nSPS) is 21.5. The minimum absolute atomic E-state index is 0.430. The first-order valence-electron chi connectivity index (χ1n) is 5.10. The van der Waals surface area contributed by atoms with E-state index in [4.69, 9.17) is 4.74 Å². The highest BCUT2D eigenvalue weighted by molar-refractivity contribution is 5.49. The summed E-state index contributed by atoms with van der Waals surface area (Å²) in [6, 6.07) is 7.89. The smallest absolute Gasteiger partial charge is 0.122 e. The predicted molar refractivity (Wildman–Crippen MR) is 59.2 cm³/mol. The predicted octanol–water partition coefficient (Wildman–Crippen LogP) is 0.423. The van der Waals surface area contributed by atoms with Crippen molar-refractivity contribution in [3.63, 3.8) is 0 Å². The van der Waals surface area contributed by atoms with Crippen molar-refractivity contribution in [2.45, 2.75) is 6.23 Å². The van der Waals surface area contributed by atoms with Crippen molar-refractivity contribution >= 4 is 5.69 Å². The Balaban J connectivity index is 2.07. The van der Waals surface area contributed by atoms with Crippen LogP contribution in [-0.2, 0) is 0 Å². The Kier molecular flexibility index (Phi) is 3.08. The molecule has 1 heterocycles. The Morgan fingerprint density at radius 1 is 1.40 bits per heavy atom. The van der Waals surface area contributed by atoms with Crippen LogP contribution in [0.2, 0.25) is 0 Å². The second kappa shape index (κ2) is 4.51. The lowest BCUT2D eigenvalue weighted by molar-refractivity contribution is 0.131. The molecular formula is C11H16N2O2. The zero-order valence-corrected chi connectivity index (χ0v) is 8.81. The number of aliphatic hydroxyl groups excluding tert-OH is 1. The van der Waals surface area contributed by atoms with Gasteiger partial charge in [-0.3, -0.25) is 5.32 Å². The van der Waals surface area contributed by atoms with Gasteiger partial charge in [-0.05, 0) is 24.3 Å². The van der Waals surface area contributed by atoms with Crippen molar-refractivity contribution in [3.8, 4) is 5.75 Å². The maximum atomic E-state index is 9.46. The third kappa shape index (κ3) is 2.40. The molecule has 1 saturated heterocycles. The third-order valence-electron chi connectivity index (χ3n) is 2.59. The molecule has 1 fully saturated rings. The molecule has 15 heavy (non-hydrogen) atoms. The third-order valence-corrected chi connectivity index (χ3v) is 2.59. The monoisotopic (exact) mass is 208 g/mol. The van der Waals surface area contributed by atoms with E-state index in [1.807, 2.05) is 24.3 Å². The summed E-state index contributed by atoms with van der Waals surface area (Å²) in [5.41, 5.74) is 1.12. The topological polar surface area (TPSA) is 44.7 Å². The maximum absolute atomic E-state index is 9.46. The van der Waals surface area contributed by atoms with Crippen molar-refractivity contribution in [2.75, 3.05) is 31.6 Å². The lowest BCUT2D eigenvalue weighted by Gasteiger charge is -2.32. The van der Waals surface area contributed by atoms with Gasteiger partial charge in [0.25, 0.3) is 0 Å². The fourth-order valence-electron chi connectivity index (χ4n) is 1.76. The van der Waals surface area contributed by atoms with Gasteiger partial charge >= 0.3 is 0 Å². The number of hydrogen-bond acceptors (Lipinski definition) is 4. The lowest BCUT2D eigenvalue weighted by Crippen LogP contribution is -2.50. The number of aliphatic hydroxyl groups is 1. The zero-order valence-electron chi connectivity index (χ0n) is 8.81. The molecule has 0 spiro atoms. The summed E-state index contributed by atoms with van der Waals surface area (Å²) in [6.07, 6.45) is -0.430. The quantitative estimate of drug-likeness (QED) is 0.739. The lowest BCUT2D eigenvalue weighted by atomic mass is 10.2. The largest absolute Gasteiger partial charge is 0.497 e. The van der Waals surface area contributed by atoms with E-state index >= 15 is 0 Å². The first-order chi connectivity index (χ1) is 7.29. The van der Waals surface area contributed by atoms with Crippen LogP contribution in [0.1, 0.15) is 0 Å². The summed E-state index contributed by atoms with van der Waals surface area (Å²) in [7, 11) is 1.66. The van der Waals surface area contributed by atoms with Crippen LogP contribution in [0.25, 0.3) is 0 Å². The Hall–Kier alpha value is -1.26. The molecule has 1 aliphatic heterocycles. The van der Waals surface area contributed by atoms with Crippen LogP contribution in [-0.4, -0.2) is 38.1 Å². The first-order valence-corrected chi connectivity index (χ1v) is 5.10. The second-order valence-electron chi connectivity index (χ2n) is 3.61. The zero-order chi connectivity index (χ0) is 10.7. The Bertz CT molecular complexity index is 313. The van der Waals surface area contributed by atoms with Crippen LogP contribution in [0.3, 0.4) is 0 Å². The summed E-state index contributed by atoms with van der Waals surface area (Å²) in [6.45, 7) is 2.36.